The molecule has 0 aliphatic carbocycles. The van der Waals surface area contributed by atoms with Crippen LogP contribution in [0.3, 0.4) is 0 Å². The number of hydrogen-bond acceptors (Lipinski definition) is 2. The SMILES string of the molecule is Cc1ccccc1[C@H](C)NC(C)C(=O)Nc1ccccc1. The maximum Gasteiger partial charge on any atom is 0.241 e. The van der Waals surface area contributed by atoms with E-state index in [1.54, 1.807) is 0 Å². The van der Waals surface area contributed by atoms with E-state index in [0.29, 0.717) is 0 Å². The molecule has 0 heterocycles. The Labute approximate surface area is 126 Å². The lowest BCUT2D eigenvalue weighted by atomic mass is 10.0. The largest absolute Gasteiger partial charge is 0.325 e. The van der Waals surface area contributed by atoms with Crippen LogP contribution in [0.15, 0.2) is 54.6 Å². The molecule has 0 aliphatic rings. The minimum Gasteiger partial charge on any atom is -0.325 e. The molecule has 0 radical (unpaired) electrons. The van der Waals surface area contributed by atoms with Gasteiger partial charge < -0.3 is 5.32 Å². The van der Waals surface area contributed by atoms with Crippen molar-refractivity contribution in [2.45, 2.75) is 32.9 Å². The minimum absolute atomic E-state index is 0.0263. The van der Waals surface area contributed by atoms with E-state index < -0.39 is 0 Å². The van der Waals surface area contributed by atoms with Gasteiger partial charge in [0.2, 0.25) is 5.91 Å². The molecule has 0 aromatic heterocycles. The molecular formula is C18H22N2O. The molecule has 110 valence electrons. The number of benzene rings is 2. The average Bonchev–Trinajstić information content (AvgIpc) is 2.48. The first-order valence-electron chi connectivity index (χ1n) is 7.25. The number of aryl methyl sites for hydroxylation is 1. The van der Waals surface area contributed by atoms with Crippen LogP contribution in [0.2, 0.25) is 0 Å². The first-order valence-corrected chi connectivity index (χ1v) is 7.25. The molecule has 3 nitrogen and oxygen atoms in total. The van der Waals surface area contributed by atoms with Crippen LogP contribution in [0, 0.1) is 6.92 Å². The van der Waals surface area contributed by atoms with Gasteiger partial charge >= 0.3 is 0 Å². The van der Waals surface area contributed by atoms with E-state index >= 15 is 0 Å². The Balaban J connectivity index is 1.96. The Morgan fingerprint density at radius 1 is 0.952 bits per heavy atom. The van der Waals surface area contributed by atoms with Gasteiger partial charge in [0.25, 0.3) is 0 Å². The van der Waals surface area contributed by atoms with Crippen LogP contribution in [0.5, 0.6) is 0 Å². The molecule has 2 rings (SSSR count). The van der Waals surface area contributed by atoms with Crippen LogP contribution in [0.1, 0.15) is 31.0 Å². The van der Waals surface area contributed by atoms with Gasteiger partial charge in [-0.15, -0.1) is 0 Å². The highest BCUT2D eigenvalue weighted by Crippen LogP contribution is 2.17. The highest BCUT2D eigenvalue weighted by Gasteiger charge is 2.17. The van der Waals surface area contributed by atoms with Gasteiger partial charge in [0.15, 0.2) is 0 Å². The number of nitrogens with one attached hydrogen (secondary N) is 2. The molecular weight excluding hydrogens is 260 g/mol. The van der Waals surface area contributed by atoms with Crippen LogP contribution < -0.4 is 10.6 Å². The molecule has 3 heteroatoms. The fourth-order valence-corrected chi connectivity index (χ4v) is 2.39. The zero-order valence-corrected chi connectivity index (χ0v) is 12.8. The van der Waals surface area contributed by atoms with Crippen LogP contribution in [0.4, 0.5) is 5.69 Å². The summed E-state index contributed by atoms with van der Waals surface area (Å²) in [5.74, 6) is -0.0263. The standard InChI is InChI=1S/C18H22N2O/c1-13-9-7-8-12-17(13)14(2)19-15(3)18(21)20-16-10-5-4-6-11-16/h4-12,14-15,19H,1-3H3,(H,20,21)/t14-,15?/m0/s1. The van der Waals surface area contributed by atoms with E-state index in [4.69, 9.17) is 0 Å². The molecule has 0 aliphatic heterocycles. The summed E-state index contributed by atoms with van der Waals surface area (Å²) >= 11 is 0. The predicted octanol–water partition coefficient (Wildman–Crippen LogP) is 3.67. The fraction of sp³-hybridized carbons (Fsp3) is 0.278. The first kappa shape index (κ1) is 15.3. The lowest BCUT2D eigenvalue weighted by molar-refractivity contribution is -0.117. The maximum absolute atomic E-state index is 12.2. The average molecular weight is 282 g/mol. The third-order valence-corrected chi connectivity index (χ3v) is 3.59. The molecule has 2 aromatic carbocycles. The topological polar surface area (TPSA) is 41.1 Å². The van der Waals surface area contributed by atoms with Crippen molar-refractivity contribution in [3.05, 3.63) is 65.7 Å². The molecule has 0 fully saturated rings. The van der Waals surface area contributed by atoms with Crippen LogP contribution in [0.25, 0.3) is 0 Å². The molecule has 0 saturated carbocycles. The lowest BCUT2D eigenvalue weighted by Crippen LogP contribution is -2.39. The summed E-state index contributed by atoms with van der Waals surface area (Å²) in [5, 5.41) is 6.26. The van der Waals surface area contributed by atoms with Gasteiger partial charge in [-0.25, -0.2) is 0 Å². The van der Waals surface area contributed by atoms with Crippen molar-refractivity contribution < 1.29 is 4.79 Å². The van der Waals surface area contributed by atoms with Gasteiger partial charge in [-0.05, 0) is 44.0 Å². The smallest absolute Gasteiger partial charge is 0.241 e. The summed E-state index contributed by atoms with van der Waals surface area (Å²) in [6, 6.07) is 17.6. The summed E-state index contributed by atoms with van der Waals surface area (Å²) in [6.07, 6.45) is 0. The van der Waals surface area contributed by atoms with Crippen molar-refractivity contribution in [1.29, 1.82) is 0 Å². The Kier molecular flexibility index (Phi) is 5.12. The zero-order chi connectivity index (χ0) is 15.2. The molecule has 0 saturated heterocycles. The normalized spacial score (nSPS) is 13.5. The zero-order valence-electron chi connectivity index (χ0n) is 12.8. The molecule has 0 bridgehead atoms. The summed E-state index contributed by atoms with van der Waals surface area (Å²) in [4.78, 5) is 12.2. The van der Waals surface area contributed by atoms with Crippen LogP contribution >= 0.6 is 0 Å². The molecule has 2 atom stereocenters. The quantitative estimate of drug-likeness (QED) is 0.878. The van der Waals surface area contributed by atoms with Crippen molar-refractivity contribution in [3.63, 3.8) is 0 Å². The number of rotatable bonds is 5. The Bertz CT molecular complexity index is 595. The van der Waals surface area contributed by atoms with E-state index in [9.17, 15) is 4.79 Å². The summed E-state index contributed by atoms with van der Waals surface area (Å²) in [7, 11) is 0. The van der Waals surface area contributed by atoms with E-state index in [-0.39, 0.29) is 18.0 Å². The number of carbonyl (C=O) groups excluding carboxylic acids is 1. The van der Waals surface area contributed by atoms with E-state index in [1.165, 1.54) is 11.1 Å². The van der Waals surface area contributed by atoms with E-state index in [1.807, 2.05) is 49.4 Å². The van der Waals surface area contributed by atoms with Gasteiger partial charge in [0.1, 0.15) is 0 Å². The predicted molar refractivity (Wildman–Crippen MR) is 87.3 cm³/mol. The lowest BCUT2D eigenvalue weighted by Gasteiger charge is -2.21. The fourth-order valence-electron chi connectivity index (χ4n) is 2.39. The van der Waals surface area contributed by atoms with Crippen molar-refractivity contribution in [2.75, 3.05) is 5.32 Å². The maximum atomic E-state index is 12.2. The molecule has 2 aromatic rings. The Morgan fingerprint density at radius 2 is 1.57 bits per heavy atom. The number of hydrogen-bond donors (Lipinski definition) is 2. The van der Waals surface area contributed by atoms with Gasteiger partial charge in [-0.3, -0.25) is 10.1 Å². The highest BCUT2D eigenvalue weighted by atomic mass is 16.2. The second-order valence-electron chi connectivity index (χ2n) is 5.32. The Hall–Kier alpha value is -2.13. The van der Waals surface area contributed by atoms with E-state index in [0.717, 1.165) is 5.69 Å². The van der Waals surface area contributed by atoms with Gasteiger partial charge in [0.05, 0.1) is 6.04 Å². The van der Waals surface area contributed by atoms with E-state index in [2.05, 4.69) is 36.6 Å². The first-order chi connectivity index (χ1) is 10.1. The third kappa shape index (κ3) is 4.17. The van der Waals surface area contributed by atoms with Crippen molar-refractivity contribution in [3.8, 4) is 0 Å². The van der Waals surface area contributed by atoms with Gasteiger partial charge in [0, 0.05) is 11.7 Å². The molecule has 21 heavy (non-hydrogen) atoms. The monoisotopic (exact) mass is 282 g/mol. The molecule has 1 amide bonds. The van der Waals surface area contributed by atoms with Crippen molar-refractivity contribution in [2.24, 2.45) is 0 Å². The van der Waals surface area contributed by atoms with Gasteiger partial charge in [-0.1, -0.05) is 42.5 Å². The number of para-hydroxylation sites is 1. The molecule has 1 unspecified atom stereocenters. The number of amides is 1. The summed E-state index contributed by atoms with van der Waals surface area (Å²) in [6.45, 7) is 6.05. The van der Waals surface area contributed by atoms with Crippen LogP contribution in [-0.2, 0) is 4.79 Å². The summed E-state index contributed by atoms with van der Waals surface area (Å²) < 4.78 is 0. The highest BCUT2D eigenvalue weighted by molar-refractivity contribution is 5.94. The van der Waals surface area contributed by atoms with Crippen molar-refractivity contribution >= 4 is 11.6 Å². The van der Waals surface area contributed by atoms with Crippen LogP contribution in [-0.4, -0.2) is 11.9 Å². The van der Waals surface area contributed by atoms with Gasteiger partial charge in [-0.2, -0.15) is 0 Å². The van der Waals surface area contributed by atoms with Crippen molar-refractivity contribution in [1.82, 2.24) is 5.32 Å². The molecule has 2 N–H and O–H groups in total. The Morgan fingerprint density at radius 3 is 2.24 bits per heavy atom. The second-order valence-corrected chi connectivity index (χ2v) is 5.32. The summed E-state index contributed by atoms with van der Waals surface area (Å²) in [5.41, 5.74) is 3.27. The molecule has 0 spiro atoms. The number of anilines is 1. The number of carbonyl (C=O) groups is 1. The minimum atomic E-state index is -0.264. The second kappa shape index (κ2) is 7.04. The third-order valence-electron chi connectivity index (χ3n) is 3.59.